The van der Waals surface area contributed by atoms with E-state index in [1.54, 1.807) is 0 Å². The van der Waals surface area contributed by atoms with E-state index in [1.807, 2.05) is 12.1 Å². The molecule has 1 aromatic carbocycles. The third-order valence-electron chi connectivity index (χ3n) is 8.18. The Hall–Kier alpha value is -1.35. The van der Waals surface area contributed by atoms with Crippen LogP contribution in [0.15, 0.2) is 18.2 Å². The van der Waals surface area contributed by atoms with Crippen LogP contribution in [0.2, 0.25) is 0 Å². The first-order valence-corrected chi connectivity index (χ1v) is 10.7. The highest BCUT2D eigenvalue weighted by atomic mass is 16.3. The number of phenols is 1. The number of rotatable bonds is 3. The molecular weight excluding hydrogens is 322 g/mol. The van der Waals surface area contributed by atoms with Gasteiger partial charge in [-0.2, -0.15) is 0 Å². The number of likely N-dealkylation sites (tertiary alicyclic amines) is 1. The smallest absolute Gasteiger partial charge is 0.134 e. The largest absolute Gasteiger partial charge is 0.508 e. The number of benzene rings is 1. The number of carbonyl (C=O) groups is 1. The Morgan fingerprint density at radius 1 is 1.27 bits per heavy atom. The summed E-state index contributed by atoms with van der Waals surface area (Å²) in [6.45, 7) is 4.65. The van der Waals surface area contributed by atoms with Crippen LogP contribution >= 0.6 is 0 Å². The Balaban J connectivity index is 1.59. The fourth-order valence-corrected chi connectivity index (χ4v) is 6.81. The van der Waals surface area contributed by atoms with E-state index in [1.165, 1.54) is 36.9 Å². The van der Waals surface area contributed by atoms with Crippen molar-refractivity contribution in [2.75, 3.05) is 13.1 Å². The van der Waals surface area contributed by atoms with E-state index in [0.717, 1.165) is 38.1 Å². The van der Waals surface area contributed by atoms with Crippen molar-refractivity contribution in [3.8, 4) is 5.75 Å². The average molecular weight is 354 g/mol. The van der Waals surface area contributed by atoms with Crippen LogP contribution < -0.4 is 0 Å². The van der Waals surface area contributed by atoms with Crippen LogP contribution in [0.4, 0.5) is 0 Å². The van der Waals surface area contributed by atoms with Crippen molar-refractivity contribution in [2.45, 2.75) is 69.7 Å². The highest BCUT2D eigenvalue weighted by Crippen LogP contribution is 2.58. The van der Waals surface area contributed by atoms with Gasteiger partial charge in [-0.15, -0.1) is 0 Å². The summed E-state index contributed by atoms with van der Waals surface area (Å²) in [4.78, 5) is 15.5. The number of hydrogen-bond donors (Lipinski definition) is 1. The topological polar surface area (TPSA) is 40.5 Å². The Bertz CT molecular complexity index is 725. The zero-order chi connectivity index (χ0) is 17.9. The van der Waals surface area contributed by atoms with E-state index in [9.17, 15) is 9.90 Å². The van der Waals surface area contributed by atoms with Gasteiger partial charge in [-0.05, 0) is 73.2 Å². The molecule has 1 saturated heterocycles. The van der Waals surface area contributed by atoms with Crippen molar-refractivity contribution < 1.29 is 9.90 Å². The second-order valence-electron chi connectivity index (χ2n) is 9.42. The van der Waals surface area contributed by atoms with Crippen LogP contribution in [0.3, 0.4) is 0 Å². The minimum absolute atomic E-state index is 0.0247. The fourth-order valence-electron chi connectivity index (χ4n) is 6.81. The SMILES string of the molecule is CC[C@H]1CC(=O)CC23CCN(CC4CCC4)C(Cc4ccc(O)cc42)C13. The van der Waals surface area contributed by atoms with Gasteiger partial charge in [0.15, 0.2) is 0 Å². The van der Waals surface area contributed by atoms with Gasteiger partial charge < -0.3 is 5.11 Å². The first-order chi connectivity index (χ1) is 12.6. The third-order valence-corrected chi connectivity index (χ3v) is 8.18. The lowest BCUT2D eigenvalue weighted by Gasteiger charge is -2.61. The minimum Gasteiger partial charge on any atom is -0.508 e. The van der Waals surface area contributed by atoms with Gasteiger partial charge in [-0.1, -0.05) is 25.8 Å². The Morgan fingerprint density at radius 3 is 2.85 bits per heavy atom. The van der Waals surface area contributed by atoms with Crippen molar-refractivity contribution in [1.29, 1.82) is 0 Å². The normalized spacial score (nSPS) is 37.0. The van der Waals surface area contributed by atoms with Crippen LogP contribution in [0.5, 0.6) is 5.75 Å². The van der Waals surface area contributed by atoms with Crippen molar-refractivity contribution in [1.82, 2.24) is 4.90 Å². The van der Waals surface area contributed by atoms with E-state index in [0.29, 0.717) is 35.8 Å². The van der Waals surface area contributed by atoms with Gasteiger partial charge in [-0.3, -0.25) is 9.69 Å². The molecule has 26 heavy (non-hydrogen) atoms. The van der Waals surface area contributed by atoms with Crippen LogP contribution in [-0.4, -0.2) is 34.9 Å². The maximum atomic E-state index is 12.7. The number of nitrogens with zero attached hydrogens (tertiary/aromatic N) is 1. The van der Waals surface area contributed by atoms with Crippen molar-refractivity contribution >= 4 is 5.78 Å². The Morgan fingerprint density at radius 2 is 2.12 bits per heavy atom. The molecule has 3 aliphatic carbocycles. The lowest BCUT2D eigenvalue weighted by molar-refractivity contribution is -0.132. The maximum Gasteiger partial charge on any atom is 0.134 e. The van der Waals surface area contributed by atoms with E-state index in [4.69, 9.17) is 0 Å². The number of carbonyl (C=O) groups excluding carboxylic acids is 1. The van der Waals surface area contributed by atoms with Crippen LogP contribution in [-0.2, 0) is 16.6 Å². The van der Waals surface area contributed by atoms with Crippen molar-refractivity contribution in [3.05, 3.63) is 29.3 Å². The van der Waals surface area contributed by atoms with Crippen LogP contribution in [0, 0.1) is 17.8 Å². The van der Waals surface area contributed by atoms with Crippen molar-refractivity contribution in [3.63, 3.8) is 0 Å². The zero-order valence-electron chi connectivity index (χ0n) is 15.9. The molecule has 0 spiro atoms. The Labute approximate surface area is 156 Å². The van der Waals surface area contributed by atoms with E-state index in [2.05, 4.69) is 17.9 Å². The average Bonchev–Trinajstić information content (AvgIpc) is 2.59. The molecular formula is C23H31NO2. The number of Topliss-reactive ketones (excluding diaryl/α,β-unsaturated/α-hetero) is 1. The summed E-state index contributed by atoms with van der Waals surface area (Å²) in [7, 11) is 0. The number of ketones is 1. The standard InChI is InChI=1S/C23H31NO2/c1-2-16-10-19(26)13-23-8-9-24(14-15-4-3-5-15)21(22(16)23)11-17-6-7-18(25)12-20(17)23/h6-7,12,15-16,21-22,25H,2-5,8-11,13-14H2,1H3/t16-,21?,22?,23?/m0/s1. The second-order valence-corrected chi connectivity index (χ2v) is 9.42. The summed E-state index contributed by atoms with van der Waals surface area (Å²) < 4.78 is 0. The molecule has 0 aromatic heterocycles. The predicted octanol–water partition coefficient (Wildman–Crippen LogP) is 4.07. The van der Waals surface area contributed by atoms with Gasteiger partial charge in [0.25, 0.3) is 0 Å². The monoisotopic (exact) mass is 353 g/mol. The molecule has 1 N–H and O–H groups in total. The molecule has 1 heterocycles. The Kier molecular flexibility index (Phi) is 3.93. The van der Waals surface area contributed by atoms with Gasteiger partial charge in [0.1, 0.15) is 11.5 Å². The molecule has 3 unspecified atom stereocenters. The lowest BCUT2D eigenvalue weighted by Crippen LogP contribution is -2.64. The number of phenolic OH excluding ortho intramolecular Hbond substituents is 1. The number of piperidine rings is 1. The fraction of sp³-hybridized carbons (Fsp3) is 0.696. The molecule has 4 aliphatic rings. The van der Waals surface area contributed by atoms with Gasteiger partial charge in [0.2, 0.25) is 0 Å². The summed E-state index contributed by atoms with van der Waals surface area (Å²) in [6, 6.07) is 6.54. The van der Waals surface area contributed by atoms with E-state index >= 15 is 0 Å². The van der Waals surface area contributed by atoms with Gasteiger partial charge in [-0.25, -0.2) is 0 Å². The number of aromatic hydroxyl groups is 1. The van der Waals surface area contributed by atoms with Crippen LogP contribution in [0.25, 0.3) is 0 Å². The molecule has 1 aliphatic heterocycles. The molecule has 0 amide bonds. The number of hydrogen-bond acceptors (Lipinski definition) is 3. The minimum atomic E-state index is -0.0247. The molecule has 3 heteroatoms. The molecule has 0 radical (unpaired) electrons. The zero-order valence-corrected chi connectivity index (χ0v) is 15.9. The van der Waals surface area contributed by atoms with Gasteiger partial charge in [0.05, 0.1) is 0 Å². The highest BCUT2D eigenvalue weighted by molar-refractivity contribution is 5.82. The van der Waals surface area contributed by atoms with Crippen molar-refractivity contribution in [2.24, 2.45) is 17.8 Å². The quantitative estimate of drug-likeness (QED) is 0.891. The first-order valence-electron chi connectivity index (χ1n) is 10.7. The molecule has 140 valence electrons. The molecule has 4 atom stereocenters. The van der Waals surface area contributed by atoms with Crippen LogP contribution in [0.1, 0.15) is 63.0 Å². The molecule has 5 rings (SSSR count). The summed E-state index contributed by atoms with van der Waals surface area (Å²) in [5.41, 5.74) is 2.66. The van der Waals surface area contributed by atoms with E-state index in [-0.39, 0.29) is 5.41 Å². The summed E-state index contributed by atoms with van der Waals surface area (Å²) >= 11 is 0. The summed E-state index contributed by atoms with van der Waals surface area (Å²) in [6.07, 6.45) is 8.95. The highest BCUT2D eigenvalue weighted by Gasteiger charge is 2.58. The maximum absolute atomic E-state index is 12.7. The summed E-state index contributed by atoms with van der Waals surface area (Å²) in [5.74, 6) is 2.78. The first kappa shape index (κ1) is 16.8. The molecule has 2 bridgehead atoms. The molecule has 1 aromatic rings. The van der Waals surface area contributed by atoms with E-state index < -0.39 is 0 Å². The third kappa shape index (κ3) is 2.39. The predicted molar refractivity (Wildman–Crippen MR) is 102 cm³/mol. The molecule has 3 nitrogen and oxygen atoms in total. The second kappa shape index (κ2) is 6.09. The molecule has 3 fully saturated rings. The number of fused-ring (bicyclic) bond motifs is 1. The van der Waals surface area contributed by atoms with Gasteiger partial charge in [0, 0.05) is 30.8 Å². The molecule has 2 saturated carbocycles. The lowest BCUT2D eigenvalue weighted by atomic mass is 9.49. The summed E-state index contributed by atoms with van der Waals surface area (Å²) in [5, 5.41) is 10.2. The van der Waals surface area contributed by atoms with Gasteiger partial charge >= 0.3 is 0 Å².